The van der Waals surface area contributed by atoms with Gasteiger partial charge in [-0.05, 0) is 35.4 Å². The van der Waals surface area contributed by atoms with Crippen molar-refractivity contribution in [1.29, 1.82) is 0 Å². The van der Waals surface area contributed by atoms with Crippen LogP contribution in [0.2, 0.25) is 0 Å². The van der Waals surface area contributed by atoms with E-state index in [0.717, 1.165) is 11.1 Å². The number of hydrogen-bond donors (Lipinski definition) is 7. The molecule has 1 aliphatic heterocycles. The van der Waals surface area contributed by atoms with Crippen molar-refractivity contribution in [3.05, 3.63) is 60.2 Å². The first-order valence-electron chi connectivity index (χ1n) is 14.1. The maximum atomic E-state index is 12.7. The molecular weight excluding hydrogens is 594 g/mol. The molecule has 44 heavy (non-hydrogen) atoms. The summed E-state index contributed by atoms with van der Waals surface area (Å²) in [5.41, 5.74) is 7.29. The van der Waals surface area contributed by atoms with E-state index in [0.29, 0.717) is 23.5 Å². The zero-order chi connectivity index (χ0) is 32.3. The molecule has 1 aliphatic rings. The Balaban J connectivity index is 1.65. The topological polar surface area (TPSA) is 218 Å². The van der Waals surface area contributed by atoms with Gasteiger partial charge in [0.25, 0.3) is 11.7 Å². The number of aliphatic hydroxyl groups excluding tert-OH is 3. The van der Waals surface area contributed by atoms with Crippen LogP contribution in [0.1, 0.15) is 36.5 Å². The number of carbonyl (C=O) groups excluding carboxylic acids is 3. The number of aliphatic carboxylic acids is 1. The van der Waals surface area contributed by atoms with Crippen LogP contribution in [0.5, 0.6) is 0 Å². The number of ether oxygens (including phenoxy) is 2. The fourth-order valence-corrected chi connectivity index (χ4v) is 5.58. The van der Waals surface area contributed by atoms with E-state index in [1.165, 1.54) is 18.7 Å². The Kier molecular flexibility index (Phi) is 13.1. The van der Waals surface area contributed by atoms with Crippen molar-refractivity contribution < 1.29 is 49.1 Å². The van der Waals surface area contributed by atoms with Gasteiger partial charge in [-0.15, -0.1) is 0 Å². The smallest absolute Gasteiger partial charge is 0.364 e. The second kappa shape index (κ2) is 16.5. The van der Waals surface area contributed by atoms with Gasteiger partial charge in [-0.2, -0.15) is 11.8 Å². The highest BCUT2D eigenvalue weighted by molar-refractivity contribution is 7.99. The van der Waals surface area contributed by atoms with Gasteiger partial charge in [0.2, 0.25) is 11.8 Å². The molecule has 1 fully saturated rings. The third kappa shape index (κ3) is 9.74. The van der Waals surface area contributed by atoms with Gasteiger partial charge >= 0.3 is 5.97 Å². The Morgan fingerprint density at radius 2 is 1.73 bits per heavy atom. The molecule has 240 valence electrons. The Hall–Kier alpha value is -3.53. The highest BCUT2D eigenvalue weighted by atomic mass is 32.2. The van der Waals surface area contributed by atoms with Crippen LogP contribution < -0.4 is 16.4 Å². The Labute approximate surface area is 259 Å². The minimum Gasteiger partial charge on any atom is -0.477 e. The van der Waals surface area contributed by atoms with E-state index in [1.54, 1.807) is 24.3 Å². The Morgan fingerprint density at radius 1 is 1.07 bits per heavy atom. The monoisotopic (exact) mass is 633 g/mol. The van der Waals surface area contributed by atoms with Gasteiger partial charge in [0, 0.05) is 37.6 Å². The molecule has 0 spiro atoms. The van der Waals surface area contributed by atoms with Gasteiger partial charge in [-0.3, -0.25) is 14.4 Å². The van der Waals surface area contributed by atoms with Gasteiger partial charge in [-0.1, -0.05) is 42.5 Å². The first-order chi connectivity index (χ1) is 20.9. The van der Waals surface area contributed by atoms with Crippen molar-refractivity contribution in [3.8, 4) is 11.1 Å². The summed E-state index contributed by atoms with van der Waals surface area (Å²) in [6.07, 6.45) is -6.68. The summed E-state index contributed by atoms with van der Waals surface area (Å²) < 4.78 is 11.3. The average Bonchev–Trinajstić information content (AvgIpc) is 3.00. The number of benzene rings is 2. The summed E-state index contributed by atoms with van der Waals surface area (Å²) in [6.45, 7) is 0.617. The second-order valence-electron chi connectivity index (χ2n) is 10.4. The van der Waals surface area contributed by atoms with Crippen LogP contribution in [-0.4, -0.2) is 105 Å². The lowest BCUT2D eigenvalue weighted by atomic mass is 9.88. The third-order valence-corrected chi connectivity index (χ3v) is 8.06. The zero-order valence-corrected chi connectivity index (χ0v) is 25.1. The summed E-state index contributed by atoms with van der Waals surface area (Å²) in [5.74, 6) is -4.49. The normalized spacial score (nSPS) is 22.9. The number of aliphatic hydroxyl groups is 3. The number of nitrogens with one attached hydrogen (secondary N) is 2. The van der Waals surface area contributed by atoms with E-state index in [9.17, 15) is 39.6 Å². The van der Waals surface area contributed by atoms with Crippen LogP contribution in [0.4, 0.5) is 0 Å². The molecule has 0 saturated carbocycles. The number of carbonyl (C=O) groups is 4. The molecule has 3 amide bonds. The molecule has 2 aromatic carbocycles. The van der Waals surface area contributed by atoms with Crippen molar-refractivity contribution in [1.82, 2.24) is 10.6 Å². The standard InChI is InChI=1S/C30H39N3O10S/c1-18(34)33-25-22(35)16-30(29(40)41,42-13-5-14-44-15-12-24(31)37)43-27(25)26(38)23(36)17-32-28(39)21-10-8-20(9-11-21)19-6-3-2-4-7-19/h2-4,6-11,22-23,25-27,35-36,38H,5,12-17H2,1H3,(H2,31,37)(H,32,39)(H,33,34)(H,40,41)/t22-,23?,25+,26+,27+,30+/m0/s1. The largest absolute Gasteiger partial charge is 0.477 e. The quantitative estimate of drug-likeness (QED) is 0.124. The summed E-state index contributed by atoms with van der Waals surface area (Å²) >= 11 is 1.42. The summed E-state index contributed by atoms with van der Waals surface area (Å²) in [4.78, 5) is 47.8. The van der Waals surface area contributed by atoms with E-state index in [2.05, 4.69) is 10.6 Å². The number of carboxylic acids is 1. The van der Waals surface area contributed by atoms with Crippen LogP contribution in [0.3, 0.4) is 0 Å². The van der Waals surface area contributed by atoms with E-state index in [-0.39, 0.29) is 13.0 Å². The molecular formula is C30H39N3O10S. The fraction of sp³-hybridized carbons (Fsp3) is 0.467. The van der Waals surface area contributed by atoms with Crippen molar-refractivity contribution in [2.24, 2.45) is 5.73 Å². The minimum atomic E-state index is -2.39. The molecule has 1 heterocycles. The first-order valence-corrected chi connectivity index (χ1v) is 15.2. The number of amides is 3. The van der Waals surface area contributed by atoms with Crippen LogP contribution in [-0.2, 0) is 23.9 Å². The molecule has 6 atom stereocenters. The molecule has 2 aromatic rings. The highest BCUT2D eigenvalue weighted by Crippen LogP contribution is 2.34. The molecule has 0 aliphatic carbocycles. The molecule has 8 N–H and O–H groups in total. The van der Waals surface area contributed by atoms with E-state index >= 15 is 0 Å². The van der Waals surface area contributed by atoms with Crippen LogP contribution >= 0.6 is 11.8 Å². The van der Waals surface area contributed by atoms with E-state index in [4.69, 9.17) is 15.2 Å². The summed E-state index contributed by atoms with van der Waals surface area (Å²) in [7, 11) is 0. The van der Waals surface area contributed by atoms with Gasteiger partial charge in [0.15, 0.2) is 0 Å². The molecule has 3 rings (SSSR count). The van der Waals surface area contributed by atoms with Gasteiger partial charge < -0.3 is 46.3 Å². The Bertz CT molecular complexity index is 1270. The van der Waals surface area contributed by atoms with Crippen LogP contribution in [0.25, 0.3) is 11.1 Å². The van der Waals surface area contributed by atoms with Crippen molar-refractivity contribution >= 4 is 35.5 Å². The van der Waals surface area contributed by atoms with Gasteiger partial charge in [-0.25, -0.2) is 4.79 Å². The highest BCUT2D eigenvalue weighted by Gasteiger charge is 2.55. The molecule has 13 nitrogen and oxygen atoms in total. The lowest BCUT2D eigenvalue weighted by molar-refractivity contribution is -0.310. The lowest BCUT2D eigenvalue weighted by Gasteiger charge is -2.46. The number of rotatable bonds is 16. The van der Waals surface area contributed by atoms with E-state index in [1.807, 2.05) is 30.3 Å². The predicted octanol–water partition coefficient (Wildman–Crippen LogP) is 0.256. The lowest BCUT2D eigenvalue weighted by Crippen LogP contribution is -2.68. The Morgan fingerprint density at radius 3 is 2.34 bits per heavy atom. The van der Waals surface area contributed by atoms with Crippen molar-refractivity contribution in [3.63, 3.8) is 0 Å². The number of carboxylic acid groups (broad SMARTS) is 1. The molecule has 1 saturated heterocycles. The van der Waals surface area contributed by atoms with Gasteiger partial charge in [0.05, 0.1) is 24.9 Å². The summed E-state index contributed by atoms with van der Waals surface area (Å²) in [5, 5.41) is 47.6. The van der Waals surface area contributed by atoms with Crippen molar-refractivity contribution in [2.75, 3.05) is 24.7 Å². The maximum Gasteiger partial charge on any atom is 0.364 e. The first kappa shape index (κ1) is 35.0. The molecule has 14 heteroatoms. The fourth-order valence-electron chi connectivity index (χ4n) is 4.71. The number of thioether (sulfide) groups is 1. The van der Waals surface area contributed by atoms with Crippen molar-refractivity contribution in [2.45, 2.75) is 62.4 Å². The molecule has 0 bridgehead atoms. The SMILES string of the molecule is CC(=O)N[C@H]1[C@H]([C@H](O)C(O)CNC(=O)c2ccc(-c3ccccc3)cc2)O[C@@](OCCCSCCC(N)=O)(C(=O)O)C[C@@H]1O. The third-order valence-electron chi connectivity index (χ3n) is 6.99. The molecule has 1 unspecified atom stereocenters. The number of primary amides is 1. The molecule has 0 radical (unpaired) electrons. The predicted molar refractivity (Wildman–Crippen MR) is 161 cm³/mol. The zero-order valence-electron chi connectivity index (χ0n) is 24.3. The second-order valence-corrected chi connectivity index (χ2v) is 11.6. The summed E-state index contributed by atoms with van der Waals surface area (Å²) in [6, 6.07) is 15.0. The molecule has 0 aromatic heterocycles. The van der Waals surface area contributed by atoms with E-state index < -0.39 is 72.9 Å². The maximum absolute atomic E-state index is 12.7. The number of nitrogens with two attached hydrogens (primary N) is 1. The van der Waals surface area contributed by atoms with Crippen LogP contribution in [0.15, 0.2) is 54.6 Å². The van der Waals surface area contributed by atoms with Gasteiger partial charge in [0.1, 0.15) is 12.2 Å². The number of hydrogen-bond acceptors (Lipinski definition) is 10. The van der Waals surface area contributed by atoms with Crippen LogP contribution in [0, 0.1) is 0 Å². The minimum absolute atomic E-state index is 0.0993. The average molecular weight is 634 g/mol.